The molecule has 110 valence electrons. The molecule has 4 heteroatoms. The van der Waals surface area contributed by atoms with E-state index in [-0.39, 0.29) is 6.04 Å². The fourth-order valence-corrected chi connectivity index (χ4v) is 3.88. The molecule has 1 aliphatic heterocycles. The van der Waals surface area contributed by atoms with Crippen LogP contribution in [-0.4, -0.2) is 47.7 Å². The molecule has 2 fully saturated rings. The van der Waals surface area contributed by atoms with Crippen LogP contribution >= 0.6 is 0 Å². The fraction of sp³-hybridized carbons (Fsp3) is 0.933. The van der Waals surface area contributed by atoms with Crippen LogP contribution in [0.25, 0.3) is 0 Å². The number of rotatable bonds is 3. The first-order valence-electron chi connectivity index (χ1n) is 7.70. The molecule has 1 heterocycles. The van der Waals surface area contributed by atoms with Crippen LogP contribution in [0, 0.1) is 17.8 Å². The van der Waals surface area contributed by atoms with Gasteiger partial charge in [-0.15, -0.1) is 0 Å². The number of carbonyl (C=O) groups is 1. The van der Waals surface area contributed by atoms with E-state index < -0.39 is 5.97 Å². The molecule has 0 spiro atoms. The Labute approximate surface area is 116 Å². The van der Waals surface area contributed by atoms with E-state index in [4.69, 9.17) is 0 Å². The molecule has 2 N–H and O–H groups in total. The second-order valence-electron chi connectivity index (χ2n) is 6.69. The Morgan fingerprint density at radius 3 is 2.74 bits per heavy atom. The maximum Gasteiger partial charge on any atom is 0.322 e. The first-order valence-corrected chi connectivity index (χ1v) is 7.70. The van der Waals surface area contributed by atoms with Crippen molar-refractivity contribution >= 4 is 5.97 Å². The molecule has 0 aromatic heterocycles. The standard InChI is InChI=1S/C15H28N2O2/c1-10(2)12-5-4-11(3)8-13(12)17-7-6-16-9-14(17)15(18)19/h10-14,16H,4-9H2,1-3H3,(H,18,19)/t11?,12?,13?,14-/m1/s1. The summed E-state index contributed by atoms with van der Waals surface area (Å²) >= 11 is 0. The summed E-state index contributed by atoms with van der Waals surface area (Å²) in [5, 5.41) is 12.7. The van der Waals surface area contributed by atoms with E-state index in [1.807, 2.05) is 0 Å². The van der Waals surface area contributed by atoms with Crippen LogP contribution in [0.15, 0.2) is 0 Å². The van der Waals surface area contributed by atoms with E-state index in [1.165, 1.54) is 12.8 Å². The quantitative estimate of drug-likeness (QED) is 0.819. The second kappa shape index (κ2) is 6.23. The molecule has 0 amide bonds. The molecule has 0 bridgehead atoms. The predicted octanol–water partition coefficient (Wildman–Crippen LogP) is 1.81. The third-order valence-corrected chi connectivity index (χ3v) is 4.98. The number of carboxylic acid groups (broad SMARTS) is 1. The summed E-state index contributed by atoms with van der Waals surface area (Å²) in [5.74, 6) is 1.34. The van der Waals surface area contributed by atoms with Gasteiger partial charge in [-0.2, -0.15) is 0 Å². The number of hydrogen-bond acceptors (Lipinski definition) is 3. The number of carboxylic acids is 1. The van der Waals surface area contributed by atoms with Gasteiger partial charge in [0.05, 0.1) is 0 Å². The summed E-state index contributed by atoms with van der Waals surface area (Å²) in [6.45, 7) is 9.25. The van der Waals surface area contributed by atoms with E-state index in [1.54, 1.807) is 0 Å². The molecule has 2 aliphatic rings. The van der Waals surface area contributed by atoms with E-state index >= 15 is 0 Å². The van der Waals surface area contributed by atoms with Crippen LogP contribution in [-0.2, 0) is 4.79 Å². The zero-order valence-electron chi connectivity index (χ0n) is 12.4. The first kappa shape index (κ1) is 14.8. The lowest BCUT2D eigenvalue weighted by Crippen LogP contribution is -2.61. The predicted molar refractivity (Wildman–Crippen MR) is 76.1 cm³/mol. The minimum Gasteiger partial charge on any atom is -0.480 e. The largest absolute Gasteiger partial charge is 0.480 e. The van der Waals surface area contributed by atoms with Gasteiger partial charge in [-0.3, -0.25) is 9.69 Å². The van der Waals surface area contributed by atoms with Crippen molar-refractivity contribution in [1.29, 1.82) is 0 Å². The molecule has 0 radical (unpaired) electrons. The van der Waals surface area contributed by atoms with Crippen LogP contribution in [0.5, 0.6) is 0 Å². The van der Waals surface area contributed by atoms with Gasteiger partial charge in [0.2, 0.25) is 0 Å². The van der Waals surface area contributed by atoms with Crippen molar-refractivity contribution in [2.24, 2.45) is 17.8 Å². The van der Waals surface area contributed by atoms with Crippen molar-refractivity contribution in [2.45, 2.75) is 52.1 Å². The normalized spacial score (nSPS) is 37.5. The summed E-state index contributed by atoms with van der Waals surface area (Å²) in [6, 6.07) is 0.109. The highest BCUT2D eigenvalue weighted by atomic mass is 16.4. The van der Waals surface area contributed by atoms with Crippen molar-refractivity contribution in [3.05, 3.63) is 0 Å². The van der Waals surface area contributed by atoms with Crippen LogP contribution in [0.2, 0.25) is 0 Å². The maximum absolute atomic E-state index is 11.5. The van der Waals surface area contributed by atoms with Crippen LogP contribution < -0.4 is 5.32 Å². The number of nitrogens with one attached hydrogen (secondary N) is 1. The summed E-state index contributed by atoms with van der Waals surface area (Å²) in [6.07, 6.45) is 3.70. The van der Waals surface area contributed by atoms with E-state index in [9.17, 15) is 9.90 Å². The Kier molecular flexibility index (Phi) is 4.85. The number of aliphatic carboxylic acids is 1. The summed E-state index contributed by atoms with van der Waals surface area (Å²) in [7, 11) is 0. The van der Waals surface area contributed by atoms with Crippen molar-refractivity contribution in [3.8, 4) is 0 Å². The van der Waals surface area contributed by atoms with Gasteiger partial charge in [0, 0.05) is 25.7 Å². The summed E-state index contributed by atoms with van der Waals surface area (Å²) in [4.78, 5) is 13.8. The minimum atomic E-state index is -0.673. The Morgan fingerprint density at radius 2 is 2.11 bits per heavy atom. The molecule has 4 atom stereocenters. The van der Waals surface area contributed by atoms with Crippen molar-refractivity contribution in [3.63, 3.8) is 0 Å². The lowest BCUT2D eigenvalue weighted by molar-refractivity contribution is -0.146. The third kappa shape index (κ3) is 3.29. The van der Waals surface area contributed by atoms with Gasteiger partial charge in [-0.1, -0.05) is 27.2 Å². The molecule has 0 aromatic rings. The first-order chi connectivity index (χ1) is 9.00. The van der Waals surface area contributed by atoms with Crippen LogP contribution in [0.1, 0.15) is 40.0 Å². The van der Waals surface area contributed by atoms with E-state index in [0.29, 0.717) is 24.4 Å². The highest BCUT2D eigenvalue weighted by Crippen LogP contribution is 2.37. The van der Waals surface area contributed by atoms with Gasteiger partial charge < -0.3 is 10.4 Å². The smallest absolute Gasteiger partial charge is 0.322 e. The molecule has 1 saturated heterocycles. The van der Waals surface area contributed by atoms with Crippen molar-refractivity contribution in [1.82, 2.24) is 10.2 Å². The Hall–Kier alpha value is -0.610. The molecule has 0 aromatic carbocycles. The SMILES string of the molecule is CC1CCC(C(C)C)C(N2CCNC[C@@H]2C(=O)O)C1. The lowest BCUT2D eigenvalue weighted by Gasteiger charge is -2.47. The van der Waals surface area contributed by atoms with Crippen molar-refractivity contribution in [2.75, 3.05) is 19.6 Å². The zero-order chi connectivity index (χ0) is 14.0. The van der Waals surface area contributed by atoms with Gasteiger partial charge in [0.15, 0.2) is 0 Å². The van der Waals surface area contributed by atoms with E-state index in [2.05, 4.69) is 31.0 Å². The Morgan fingerprint density at radius 1 is 1.37 bits per heavy atom. The fourth-order valence-electron chi connectivity index (χ4n) is 3.88. The van der Waals surface area contributed by atoms with Crippen molar-refractivity contribution < 1.29 is 9.90 Å². The topological polar surface area (TPSA) is 52.6 Å². The van der Waals surface area contributed by atoms with Gasteiger partial charge in [-0.05, 0) is 30.6 Å². The average molecular weight is 268 g/mol. The minimum absolute atomic E-state index is 0.342. The van der Waals surface area contributed by atoms with Crippen LogP contribution in [0.4, 0.5) is 0 Å². The highest BCUT2D eigenvalue weighted by molar-refractivity contribution is 5.74. The molecular formula is C15H28N2O2. The number of piperazine rings is 1. The number of nitrogens with zero attached hydrogens (tertiary/aromatic N) is 1. The maximum atomic E-state index is 11.5. The Bertz CT molecular complexity index is 319. The van der Waals surface area contributed by atoms with Crippen LogP contribution in [0.3, 0.4) is 0 Å². The molecular weight excluding hydrogens is 240 g/mol. The van der Waals surface area contributed by atoms with Gasteiger partial charge in [0.1, 0.15) is 6.04 Å². The van der Waals surface area contributed by atoms with Gasteiger partial charge in [0.25, 0.3) is 0 Å². The third-order valence-electron chi connectivity index (χ3n) is 4.98. The lowest BCUT2D eigenvalue weighted by atomic mass is 9.73. The Balaban J connectivity index is 2.16. The second-order valence-corrected chi connectivity index (χ2v) is 6.69. The molecule has 3 unspecified atom stereocenters. The monoisotopic (exact) mass is 268 g/mol. The molecule has 1 saturated carbocycles. The molecule has 4 nitrogen and oxygen atoms in total. The van der Waals surface area contributed by atoms with Gasteiger partial charge in [-0.25, -0.2) is 0 Å². The number of hydrogen-bond donors (Lipinski definition) is 2. The average Bonchev–Trinajstić information content (AvgIpc) is 2.38. The molecule has 1 aliphatic carbocycles. The van der Waals surface area contributed by atoms with Gasteiger partial charge >= 0.3 is 5.97 Å². The van der Waals surface area contributed by atoms with E-state index in [0.717, 1.165) is 25.4 Å². The zero-order valence-corrected chi connectivity index (χ0v) is 12.4. The molecule has 2 rings (SSSR count). The summed E-state index contributed by atoms with van der Waals surface area (Å²) < 4.78 is 0. The highest BCUT2D eigenvalue weighted by Gasteiger charge is 2.40. The molecule has 19 heavy (non-hydrogen) atoms. The summed E-state index contributed by atoms with van der Waals surface area (Å²) in [5.41, 5.74) is 0.